The van der Waals surface area contributed by atoms with E-state index in [-0.39, 0.29) is 18.2 Å². The Morgan fingerprint density at radius 2 is 1.45 bits per heavy atom. The van der Waals surface area contributed by atoms with Crippen LogP contribution in [-0.2, 0) is 9.53 Å². The van der Waals surface area contributed by atoms with Gasteiger partial charge in [-0.05, 0) is 75.1 Å². The van der Waals surface area contributed by atoms with E-state index in [1.165, 1.54) is 6.08 Å². The molecule has 0 spiro atoms. The van der Waals surface area contributed by atoms with Crippen LogP contribution in [0.2, 0.25) is 0 Å². The van der Waals surface area contributed by atoms with Crippen molar-refractivity contribution < 1.29 is 28.8 Å². The van der Waals surface area contributed by atoms with Crippen LogP contribution in [0.15, 0.2) is 18.2 Å². The fraction of sp³-hybridized carbons (Fsp3) is 0.625. The second-order valence-electron chi connectivity index (χ2n) is 8.37. The van der Waals surface area contributed by atoms with Gasteiger partial charge in [-0.3, -0.25) is 0 Å². The smallest absolute Gasteiger partial charge is 0.331 e. The van der Waals surface area contributed by atoms with Gasteiger partial charge in [0.25, 0.3) is 0 Å². The molecule has 1 aromatic rings. The second kappa shape index (κ2) is 11.4. The summed E-state index contributed by atoms with van der Waals surface area (Å²) < 4.78 is 21.7. The van der Waals surface area contributed by atoms with Gasteiger partial charge >= 0.3 is 5.97 Å². The van der Waals surface area contributed by atoms with Crippen LogP contribution in [-0.4, -0.2) is 56.7 Å². The van der Waals surface area contributed by atoms with E-state index in [1.807, 2.05) is 0 Å². The molecule has 0 amide bonds. The minimum Gasteiger partial charge on any atom is -0.493 e. The van der Waals surface area contributed by atoms with Gasteiger partial charge in [-0.15, -0.1) is 0 Å². The summed E-state index contributed by atoms with van der Waals surface area (Å²) in [7, 11) is 4.67. The quantitative estimate of drug-likeness (QED) is 0.479. The molecule has 2 aliphatic carbocycles. The topological polar surface area (TPSA) is 86.3 Å². The van der Waals surface area contributed by atoms with Gasteiger partial charge < -0.3 is 29.4 Å². The summed E-state index contributed by atoms with van der Waals surface area (Å²) in [6.07, 6.45) is 10.6. The fourth-order valence-electron chi connectivity index (χ4n) is 4.49. The Morgan fingerprint density at radius 1 is 0.903 bits per heavy atom. The molecule has 0 atom stereocenters. The molecule has 7 heteroatoms. The highest BCUT2D eigenvalue weighted by atomic mass is 16.5. The Kier molecular flexibility index (Phi) is 8.60. The first kappa shape index (κ1) is 23.4. The number of carbonyl (C=O) groups is 1. The first-order valence-corrected chi connectivity index (χ1v) is 11.1. The molecule has 0 saturated heterocycles. The molecule has 0 unspecified atom stereocenters. The van der Waals surface area contributed by atoms with E-state index >= 15 is 0 Å². The second-order valence-corrected chi connectivity index (χ2v) is 8.37. The maximum Gasteiger partial charge on any atom is 0.331 e. The van der Waals surface area contributed by atoms with Crippen LogP contribution < -0.4 is 19.5 Å². The summed E-state index contributed by atoms with van der Waals surface area (Å²) in [4.78, 5) is 12.3. The Labute approximate surface area is 184 Å². The zero-order valence-electron chi connectivity index (χ0n) is 18.8. The third-order valence-corrected chi connectivity index (χ3v) is 6.22. The third kappa shape index (κ3) is 6.61. The van der Waals surface area contributed by atoms with Gasteiger partial charge in [0.15, 0.2) is 11.5 Å². The Morgan fingerprint density at radius 3 is 1.97 bits per heavy atom. The molecule has 0 aliphatic heterocycles. The fourth-order valence-corrected chi connectivity index (χ4v) is 4.49. The number of aliphatic hydroxyl groups excluding tert-OH is 1. The summed E-state index contributed by atoms with van der Waals surface area (Å²) in [5, 5.41) is 13.4. The van der Waals surface area contributed by atoms with Crippen LogP contribution in [0.5, 0.6) is 17.2 Å². The zero-order chi connectivity index (χ0) is 22.2. The molecule has 2 saturated carbocycles. The van der Waals surface area contributed by atoms with Crippen molar-refractivity contribution in [2.75, 3.05) is 21.3 Å². The number of nitrogens with one attached hydrogen (secondary N) is 1. The number of rotatable bonds is 8. The molecule has 3 rings (SSSR count). The summed E-state index contributed by atoms with van der Waals surface area (Å²) in [6, 6.07) is 4.55. The normalized spacial score (nSPS) is 26.5. The molecule has 31 heavy (non-hydrogen) atoms. The molecule has 1 aromatic carbocycles. The molecular weight excluding hydrogens is 398 g/mol. The first-order valence-electron chi connectivity index (χ1n) is 11.1. The maximum atomic E-state index is 12.3. The summed E-state index contributed by atoms with van der Waals surface area (Å²) in [5.74, 6) is 1.24. The van der Waals surface area contributed by atoms with Crippen LogP contribution >= 0.6 is 0 Å². The minimum atomic E-state index is -0.341. The number of ether oxygens (including phenoxy) is 4. The monoisotopic (exact) mass is 433 g/mol. The molecule has 2 N–H and O–H groups in total. The minimum absolute atomic E-state index is 0.0386. The predicted molar refractivity (Wildman–Crippen MR) is 119 cm³/mol. The molecule has 0 aromatic heterocycles. The van der Waals surface area contributed by atoms with Crippen LogP contribution in [0.25, 0.3) is 6.08 Å². The van der Waals surface area contributed by atoms with Crippen molar-refractivity contribution in [3.8, 4) is 17.2 Å². The van der Waals surface area contributed by atoms with Gasteiger partial charge in [0.1, 0.15) is 6.10 Å². The van der Waals surface area contributed by atoms with Crippen LogP contribution in [0, 0.1) is 0 Å². The summed E-state index contributed by atoms with van der Waals surface area (Å²) in [5.41, 5.74) is 0.761. The van der Waals surface area contributed by atoms with E-state index in [4.69, 9.17) is 18.9 Å². The lowest BCUT2D eigenvalue weighted by Crippen LogP contribution is -2.43. The highest BCUT2D eigenvalue weighted by molar-refractivity contribution is 5.87. The van der Waals surface area contributed by atoms with Crippen molar-refractivity contribution in [2.45, 2.75) is 75.7 Å². The molecule has 0 bridgehead atoms. The van der Waals surface area contributed by atoms with Gasteiger partial charge in [0, 0.05) is 18.2 Å². The van der Waals surface area contributed by atoms with Gasteiger partial charge in [-0.25, -0.2) is 4.79 Å². The van der Waals surface area contributed by atoms with Crippen molar-refractivity contribution >= 4 is 12.0 Å². The standard InChI is InChI=1S/C24H35NO6/c1-28-21-14-16(15-22(29-2)24(21)30-3)4-13-23(27)31-20-11-7-18(8-12-20)25-17-5-9-19(26)10-6-17/h4,13-15,17-20,25-26H,5-12H2,1-3H3/b13-4+. The van der Waals surface area contributed by atoms with Crippen molar-refractivity contribution in [1.82, 2.24) is 5.32 Å². The summed E-state index contributed by atoms with van der Waals surface area (Å²) in [6.45, 7) is 0. The largest absolute Gasteiger partial charge is 0.493 e. The number of hydrogen-bond donors (Lipinski definition) is 2. The van der Waals surface area contributed by atoms with Crippen LogP contribution in [0.3, 0.4) is 0 Å². The van der Waals surface area contributed by atoms with Gasteiger partial charge in [0.05, 0.1) is 27.4 Å². The van der Waals surface area contributed by atoms with Crippen LogP contribution in [0.1, 0.15) is 56.9 Å². The first-order chi connectivity index (χ1) is 15.0. The highest BCUT2D eigenvalue weighted by Gasteiger charge is 2.27. The number of aliphatic hydroxyl groups is 1. The van der Waals surface area contributed by atoms with E-state index in [0.29, 0.717) is 29.3 Å². The molecule has 2 fully saturated rings. The molecule has 0 heterocycles. The molecule has 0 radical (unpaired) electrons. The lowest BCUT2D eigenvalue weighted by Gasteiger charge is -2.34. The predicted octanol–water partition coefficient (Wildman–Crippen LogP) is 3.47. The Hall–Kier alpha value is -2.25. The van der Waals surface area contributed by atoms with Crippen molar-refractivity contribution in [1.29, 1.82) is 0 Å². The van der Waals surface area contributed by atoms with Crippen LogP contribution in [0.4, 0.5) is 0 Å². The maximum absolute atomic E-state index is 12.3. The molecule has 2 aliphatic rings. The van der Waals surface area contributed by atoms with E-state index in [1.54, 1.807) is 39.5 Å². The Bertz CT molecular complexity index is 723. The SMILES string of the molecule is COc1cc(/C=C/C(=O)OC2CCC(NC3CCC(O)CC3)CC2)cc(OC)c1OC. The van der Waals surface area contributed by atoms with E-state index in [0.717, 1.165) is 56.9 Å². The van der Waals surface area contributed by atoms with E-state index < -0.39 is 0 Å². The highest BCUT2D eigenvalue weighted by Crippen LogP contribution is 2.38. The van der Waals surface area contributed by atoms with Gasteiger partial charge in [0.2, 0.25) is 5.75 Å². The lowest BCUT2D eigenvalue weighted by molar-refractivity contribution is -0.144. The molecule has 7 nitrogen and oxygen atoms in total. The van der Waals surface area contributed by atoms with Gasteiger partial charge in [-0.1, -0.05) is 0 Å². The van der Waals surface area contributed by atoms with E-state index in [9.17, 15) is 9.90 Å². The van der Waals surface area contributed by atoms with E-state index in [2.05, 4.69) is 5.32 Å². The molecular formula is C24H35NO6. The number of methoxy groups -OCH3 is 3. The number of carbonyl (C=O) groups excluding carboxylic acids is 1. The average Bonchev–Trinajstić information content (AvgIpc) is 2.79. The van der Waals surface area contributed by atoms with Gasteiger partial charge in [-0.2, -0.15) is 0 Å². The molecule has 172 valence electrons. The Balaban J connectivity index is 1.46. The van der Waals surface area contributed by atoms with Crippen molar-refractivity contribution in [2.24, 2.45) is 0 Å². The van der Waals surface area contributed by atoms with Crippen molar-refractivity contribution in [3.05, 3.63) is 23.8 Å². The zero-order valence-corrected chi connectivity index (χ0v) is 18.8. The number of hydrogen-bond acceptors (Lipinski definition) is 7. The lowest BCUT2D eigenvalue weighted by atomic mass is 9.89. The number of benzene rings is 1. The average molecular weight is 434 g/mol. The van der Waals surface area contributed by atoms with Crippen molar-refractivity contribution in [3.63, 3.8) is 0 Å². The number of esters is 1. The third-order valence-electron chi connectivity index (χ3n) is 6.22. The summed E-state index contributed by atoms with van der Waals surface area (Å²) >= 11 is 0.